The second-order valence-electron chi connectivity index (χ2n) is 5.59. The summed E-state index contributed by atoms with van der Waals surface area (Å²) in [5.41, 5.74) is 6.05. The second kappa shape index (κ2) is 4.57. The van der Waals surface area contributed by atoms with Crippen LogP contribution in [-0.2, 0) is 4.79 Å². The van der Waals surface area contributed by atoms with Gasteiger partial charge in [-0.1, -0.05) is 0 Å². The predicted molar refractivity (Wildman–Crippen MR) is 68.5 cm³/mol. The molecule has 3 nitrogen and oxygen atoms in total. The molecular formula is C12H22N2OS. The maximum Gasteiger partial charge on any atom is 0.239 e. The molecule has 2 rings (SSSR count). The lowest BCUT2D eigenvalue weighted by Crippen LogP contribution is -2.41. The van der Waals surface area contributed by atoms with E-state index in [1.807, 2.05) is 4.90 Å². The number of carbonyl (C=O) groups excluding carboxylic acids is 1. The van der Waals surface area contributed by atoms with Crippen LogP contribution in [0.2, 0.25) is 0 Å². The first-order valence-electron chi connectivity index (χ1n) is 6.21. The van der Waals surface area contributed by atoms with E-state index in [2.05, 4.69) is 12.6 Å². The molecule has 1 heterocycles. The van der Waals surface area contributed by atoms with Crippen molar-refractivity contribution in [2.24, 2.45) is 17.1 Å². The van der Waals surface area contributed by atoms with E-state index < -0.39 is 0 Å². The largest absolute Gasteiger partial charge is 0.341 e. The van der Waals surface area contributed by atoms with Crippen LogP contribution in [0.1, 0.15) is 32.6 Å². The predicted octanol–water partition coefficient (Wildman–Crippen LogP) is 1.28. The maximum absolute atomic E-state index is 11.8. The molecule has 0 unspecified atom stereocenters. The SMILES string of the molecule is C[C@H](N)C(=O)N1CC[C@]2(CC[C@H](CS)C2)C1. The molecule has 0 bridgehead atoms. The fourth-order valence-electron chi connectivity index (χ4n) is 3.26. The number of hydrogen-bond donors (Lipinski definition) is 2. The van der Waals surface area contributed by atoms with Crippen LogP contribution in [-0.4, -0.2) is 35.7 Å². The zero-order chi connectivity index (χ0) is 11.8. The molecule has 0 aromatic rings. The molecule has 1 aliphatic carbocycles. The zero-order valence-electron chi connectivity index (χ0n) is 9.98. The van der Waals surface area contributed by atoms with Gasteiger partial charge in [-0.2, -0.15) is 12.6 Å². The summed E-state index contributed by atoms with van der Waals surface area (Å²) in [5.74, 6) is 1.86. The summed E-state index contributed by atoms with van der Waals surface area (Å²) in [6.07, 6.45) is 4.96. The number of amides is 1. The van der Waals surface area contributed by atoms with Gasteiger partial charge in [-0.25, -0.2) is 0 Å². The summed E-state index contributed by atoms with van der Waals surface area (Å²) in [6, 6.07) is -0.350. The molecule has 1 saturated heterocycles. The summed E-state index contributed by atoms with van der Waals surface area (Å²) in [4.78, 5) is 13.8. The topological polar surface area (TPSA) is 46.3 Å². The van der Waals surface area contributed by atoms with E-state index in [0.29, 0.717) is 5.41 Å². The number of carbonyl (C=O) groups is 1. The van der Waals surface area contributed by atoms with Crippen molar-refractivity contribution in [2.75, 3.05) is 18.8 Å². The molecule has 0 aromatic carbocycles. The van der Waals surface area contributed by atoms with Crippen molar-refractivity contribution >= 4 is 18.5 Å². The van der Waals surface area contributed by atoms with Crippen molar-refractivity contribution in [1.29, 1.82) is 0 Å². The van der Waals surface area contributed by atoms with E-state index in [0.717, 1.165) is 31.2 Å². The van der Waals surface area contributed by atoms with Crippen LogP contribution in [0.15, 0.2) is 0 Å². The van der Waals surface area contributed by atoms with Crippen molar-refractivity contribution in [3.63, 3.8) is 0 Å². The molecule has 1 aliphatic heterocycles. The molecule has 1 spiro atoms. The highest BCUT2D eigenvalue weighted by Crippen LogP contribution is 2.48. The average molecular weight is 242 g/mol. The van der Waals surface area contributed by atoms with E-state index in [4.69, 9.17) is 5.73 Å². The molecule has 92 valence electrons. The third kappa shape index (κ3) is 2.23. The fourth-order valence-corrected chi connectivity index (χ4v) is 3.58. The van der Waals surface area contributed by atoms with Crippen molar-refractivity contribution in [3.05, 3.63) is 0 Å². The summed E-state index contributed by atoms with van der Waals surface area (Å²) in [5, 5.41) is 0. The first-order chi connectivity index (χ1) is 7.56. The van der Waals surface area contributed by atoms with Gasteiger partial charge < -0.3 is 10.6 Å². The lowest BCUT2D eigenvalue weighted by atomic mass is 9.85. The van der Waals surface area contributed by atoms with Crippen LogP contribution in [0, 0.1) is 11.3 Å². The highest BCUT2D eigenvalue weighted by atomic mass is 32.1. The number of likely N-dealkylation sites (tertiary alicyclic amines) is 1. The second-order valence-corrected chi connectivity index (χ2v) is 5.96. The maximum atomic E-state index is 11.8. The normalized spacial score (nSPS) is 35.9. The molecule has 4 heteroatoms. The summed E-state index contributed by atoms with van der Waals surface area (Å²) >= 11 is 4.39. The van der Waals surface area contributed by atoms with Gasteiger partial charge in [-0.15, -0.1) is 0 Å². The Bertz CT molecular complexity index is 282. The van der Waals surface area contributed by atoms with Crippen molar-refractivity contribution in [1.82, 2.24) is 4.90 Å². The highest BCUT2D eigenvalue weighted by molar-refractivity contribution is 7.80. The minimum Gasteiger partial charge on any atom is -0.341 e. The van der Waals surface area contributed by atoms with Gasteiger partial charge >= 0.3 is 0 Å². The monoisotopic (exact) mass is 242 g/mol. The van der Waals surface area contributed by atoms with Gasteiger partial charge in [0.25, 0.3) is 0 Å². The standard InChI is InChI=1S/C12H22N2OS/c1-9(13)11(15)14-5-4-12(8-14)3-2-10(6-12)7-16/h9-10,16H,2-8,13H2,1H3/t9-,10-,12-/m0/s1. The summed E-state index contributed by atoms with van der Waals surface area (Å²) in [6.45, 7) is 3.61. The molecule has 2 fully saturated rings. The molecule has 1 amide bonds. The molecule has 2 N–H and O–H groups in total. The number of rotatable bonds is 2. The van der Waals surface area contributed by atoms with Gasteiger partial charge in [0.05, 0.1) is 6.04 Å². The lowest BCUT2D eigenvalue weighted by molar-refractivity contribution is -0.131. The van der Waals surface area contributed by atoms with E-state index in [-0.39, 0.29) is 11.9 Å². The van der Waals surface area contributed by atoms with Gasteiger partial charge in [0.2, 0.25) is 5.91 Å². The third-order valence-corrected chi connectivity index (χ3v) is 4.72. The number of thiol groups is 1. The minimum absolute atomic E-state index is 0.117. The Hall–Kier alpha value is -0.220. The Balaban J connectivity index is 1.95. The quantitative estimate of drug-likeness (QED) is 0.717. The Morgan fingerprint density at radius 3 is 2.94 bits per heavy atom. The van der Waals surface area contributed by atoms with Crippen LogP contribution < -0.4 is 5.73 Å². The number of hydrogen-bond acceptors (Lipinski definition) is 3. The summed E-state index contributed by atoms with van der Waals surface area (Å²) in [7, 11) is 0. The van der Waals surface area contributed by atoms with E-state index in [9.17, 15) is 4.79 Å². The first-order valence-corrected chi connectivity index (χ1v) is 6.85. The minimum atomic E-state index is -0.350. The molecule has 1 saturated carbocycles. The average Bonchev–Trinajstić information content (AvgIpc) is 2.85. The Morgan fingerprint density at radius 2 is 2.38 bits per heavy atom. The number of nitrogens with two attached hydrogens (primary N) is 1. The van der Waals surface area contributed by atoms with Gasteiger partial charge in [0, 0.05) is 13.1 Å². The Labute approximate surface area is 103 Å². The molecule has 0 aromatic heterocycles. The van der Waals surface area contributed by atoms with Gasteiger partial charge in [-0.3, -0.25) is 4.79 Å². The van der Waals surface area contributed by atoms with Crippen LogP contribution in [0.4, 0.5) is 0 Å². The van der Waals surface area contributed by atoms with Crippen molar-refractivity contribution in [3.8, 4) is 0 Å². The van der Waals surface area contributed by atoms with E-state index >= 15 is 0 Å². The summed E-state index contributed by atoms with van der Waals surface area (Å²) < 4.78 is 0. The third-order valence-electron chi connectivity index (χ3n) is 4.20. The van der Waals surface area contributed by atoms with Crippen molar-refractivity contribution < 1.29 is 4.79 Å². The van der Waals surface area contributed by atoms with E-state index in [1.54, 1.807) is 6.92 Å². The van der Waals surface area contributed by atoms with E-state index in [1.165, 1.54) is 19.3 Å². The van der Waals surface area contributed by atoms with Crippen LogP contribution >= 0.6 is 12.6 Å². The van der Waals surface area contributed by atoms with Gasteiger partial charge in [0.1, 0.15) is 0 Å². The molecular weight excluding hydrogens is 220 g/mol. The van der Waals surface area contributed by atoms with Gasteiger partial charge in [-0.05, 0) is 49.7 Å². The van der Waals surface area contributed by atoms with Crippen LogP contribution in [0.25, 0.3) is 0 Å². The Morgan fingerprint density at radius 1 is 1.62 bits per heavy atom. The lowest BCUT2D eigenvalue weighted by Gasteiger charge is -2.25. The van der Waals surface area contributed by atoms with Crippen LogP contribution in [0.3, 0.4) is 0 Å². The zero-order valence-corrected chi connectivity index (χ0v) is 10.9. The van der Waals surface area contributed by atoms with Crippen LogP contribution in [0.5, 0.6) is 0 Å². The smallest absolute Gasteiger partial charge is 0.239 e. The first kappa shape index (κ1) is 12.2. The highest BCUT2D eigenvalue weighted by Gasteiger charge is 2.44. The molecule has 16 heavy (non-hydrogen) atoms. The van der Waals surface area contributed by atoms with Crippen molar-refractivity contribution in [2.45, 2.75) is 38.6 Å². The molecule has 0 radical (unpaired) electrons. The Kier molecular flexibility index (Phi) is 3.50. The molecule has 3 atom stereocenters. The number of nitrogens with zero attached hydrogens (tertiary/aromatic N) is 1. The fraction of sp³-hybridized carbons (Fsp3) is 0.917. The molecule has 2 aliphatic rings. The van der Waals surface area contributed by atoms with Gasteiger partial charge in [0.15, 0.2) is 0 Å².